The molecule has 11 aliphatic rings. The van der Waals surface area contributed by atoms with E-state index in [1.54, 1.807) is 593 Å². The van der Waals surface area contributed by atoms with Crippen molar-refractivity contribution in [1.29, 1.82) is 0 Å². The normalized spacial score (nSPS) is 24.5. The van der Waals surface area contributed by atoms with Crippen LogP contribution in [-0.2, 0) is 21.7 Å². The number of rotatable bonds is 0. The van der Waals surface area contributed by atoms with Gasteiger partial charge in [0, 0.05) is 33.5 Å². The molecule has 518 valence electrons. The Morgan fingerprint density at radius 3 is 0.266 bits per heavy atom. The predicted octanol–water partition coefficient (Wildman–Crippen LogP) is 34.5. The number of hydrogen-bond donors (Lipinski definition) is 0. The molecule has 0 radical (unpaired) electrons. The van der Waals surface area contributed by atoms with Crippen LogP contribution in [0.3, 0.4) is 0 Å². The largest absolute Gasteiger partial charge is 0.0620 e. The topological polar surface area (TPSA) is 0 Å². The summed E-state index contributed by atoms with van der Waals surface area (Å²) in [5.41, 5.74) is 16.1. The van der Waals surface area contributed by atoms with E-state index in [1.165, 1.54) is 0 Å². The molecule has 1 fully saturated rings. The number of benzene rings is 35. The Kier molecular flexibility index (Phi) is 3.40. The molecule has 57 aromatic carbocycles. The Morgan fingerprint density at radius 1 is 0.0859 bits per heavy atom. The summed E-state index contributed by atoms with van der Waals surface area (Å²) in [6.07, 6.45) is 0. The van der Waals surface area contributed by atoms with Crippen molar-refractivity contribution in [2.45, 2.75) is 33.5 Å². The van der Waals surface area contributed by atoms with Crippen molar-refractivity contribution in [3.63, 3.8) is 0 Å². The van der Waals surface area contributed by atoms with E-state index in [1.807, 2.05) is 44.5 Å². The summed E-state index contributed by atoms with van der Waals surface area (Å²) in [5, 5.41) is 185. The second kappa shape index (κ2) is 9.74. The quantitative estimate of drug-likeness (QED) is 0.133. The van der Waals surface area contributed by atoms with Gasteiger partial charge in [-0.3, -0.25) is 0 Å². The second-order valence-electron chi connectivity index (χ2n) is 49.2. The van der Waals surface area contributed by atoms with Crippen molar-refractivity contribution >= 4 is 582 Å². The first kappa shape index (κ1) is 44.6. The number of hydrogen-bond acceptors (Lipinski definition) is 0. The first-order valence-corrected chi connectivity index (χ1v) is 48.6. The zero-order chi connectivity index (χ0) is 74.1. The fraction of sp³-hybridized carbons (Fsp3) is 0.0469. The molecule has 4 spiro atoms. The molecule has 1 saturated carbocycles. The molecule has 0 N–H and O–H groups in total. The molecule has 11 aliphatic carbocycles. The van der Waals surface area contributed by atoms with E-state index >= 15 is 0 Å². The maximum Gasteiger partial charge on any atom is 0.0453 e. The van der Waals surface area contributed by atoms with Gasteiger partial charge in [0.15, 0.2) is 0 Å². The van der Waals surface area contributed by atoms with Crippen LogP contribution in [0.25, 0.3) is 582 Å². The fourth-order valence-electron chi connectivity index (χ4n) is 51.4. The van der Waals surface area contributed by atoms with E-state index in [-0.39, 0.29) is 11.8 Å². The highest BCUT2D eigenvalue weighted by molar-refractivity contribution is 6.88. The molecule has 0 heteroatoms. The van der Waals surface area contributed by atoms with Gasteiger partial charge in [-0.15, -0.1) is 0 Å². The van der Waals surface area contributed by atoms with Gasteiger partial charge in [-0.2, -0.15) is 0 Å². The van der Waals surface area contributed by atoms with E-state index in [4.69, 9.17) is 0 Å². The minimum atomic E-state index is -0.607. The van der Waals surface area contributed by atoms with Crippen LogP contribution in [0.1, 0.15) is 67.5 Å². The van der Waals surface area contributed by atoms with Gasteiger partial charge >= 0.3 is 0 Å². The van der Waals surface area contributed by atoms with Crippen molar-refractivity contribution < 1.29 is 0 Å². The summed E-state index contributed by atoms with van der Waals surface area (Å²) >= 11 is 0. The summed E-state index contributed by atoms with van der Waals surface area (Å²) in [4.78, 5) is 0. The van der Waals surface area contributed by atoms with Crippen LogP contribution >= 0.6 is 0 Å². The van der Waals surface area contributed by atoms with Gasteiger partial charge in [0.1, 0.15) is 0 Å². The van der Waals surface area contributed by atoms with Gasteiger partial charge in [-0.25, -0.2) is 0 Å². The van der Waals surface area contributed by atoms with Gasteiger partial charge in [-0.05, 0) is 637 Å². The summed E-state index contributed by atoms with van der Waals surface area (Å²) in [5.74, 6) is -0.0783. The van der Waals surface area contributed by atoms with E-state index < -0.39 is 21.7 Å². The Balaban J connectivity index is 0.764. The zero-order valence-corrected chi connectivity index (χ0v) is 64.5. The van der Waals surface area contributed by atoms with Gasteiger partial charge in [0.2, 0.25) is 0 Å². The van der Waals surface area contributed by atoms with Gasteiger partial charge in [-0.1, -0.05) is 24.3 Å². The average molecular weight is 1540 g/mol. The average Bonchev–Trinajstić information content (AvgIpc) is 1.36. The van der Waals surface area contributed by atoms with Crippen molar-refractivity contribution in [2.75, 3.05) is 0 Å². The third-order valence-electron chi connectivity index (χ3n) is 50.2. The third-order valence-corrected chi connectivity index (χ3v) is 50.2. The molecule has 4 atom stereocenters. The molecule has 0 aliphatic heterocycles. The predicted molar refractivity (Wildman–Crippen MR) is 540 cm³/mol. The van der Waals surface area contributed by atoms with Crippen LogP contribution in [0.5, 0.6) is 0 Å². The van der Waals surface area contributed by atoms with E-state index in [2.05, 4.69) is 24.3 Å². The highest BCUT2D eigenvalue weighted by Crippen LogP contribution is 3.00. The molecular weight excluding hydrogens is 1540 g/mol. The Labute approximate surface area is 689 Å². The molecule has 4 unspecified atom stereocenters. The fourth-order valence-corrected chi connectivity index (χ4v) is 51.4. The van der Waals surface area contributed by atoms with E-state index in [0.717, 1.165) is 0 Å². The monoisotopic (exact) mass is 1540 g/mol. The highest BCUT2D eigenvalue weighted by atomic mass is 14.9. The lowest BCUT2D eigenvalue weighted by molar-refractivity contribution is 0.0250. The first-order chi connectivity index (χ1) is 63.9. The Hall–Kier alpha value is -15.9. The smallest absolute Gasteiger partial charge is 0.0453 e. The van der Waals surface area contributed by atoms with Gasteiger partial charge in [0.05, 0.1) is 0 Å². The lowest BCUT2D eigenvalue weighted by atomic mass is 9.22. The standard InChI is InChI=1S/C128H6/c1-2-4-6-5(3-1)123-125-115-101-87-63-47-29-11-7-9-13-19(11)37-51(47)67-69-53(37)49-31(13)35-27-17(9)23-21-15(7)25-33(29)59(63)75-71-43(25)39(21)55-57-41(23)45(27)73-77-61(35)65(49)89-93(69)111(109(115)91(67)87)117-103(89)99(77)107-85(73)81(57)95-79(55)83(71)105(97(75)101)119(125)113(95)121(107)127(117,125)124(6)128-118-104-90-66-50-32-14-10-8-12-20(14)38-52-48-30(12)34-26-16(8)22-24-18(10)28-36(32)62(66)78-74-46(28)42(24)58-56-40(22)44(26)72-76-60(34)64(48)88-92-68(52)70(54(38)50)94(90)112(118)110(92)116-102(88)98(76)106-84(72)80(56)96-82(58)86(74)108(100(78)104)122(128)114(96)120(106)126(116,123)128/h1-4,123-124H. The van der Waals surface area contributed by atoms with Gasteiger partial charge in [0.25, 0.3) is 0 Å². The van der Waals surface area contributed by atoms with Crippen LogP contribution in [0.4, 0.5) is 0 Å². The highest BCUT2D eigenvalue weighted by Gasteiger charge is 2.91. The van der Waals surface area contributed by atoms with Crippen LogP contribution in [-0.4, -0.2) is 0 Å². The molecule has 0 saturated heterocycles. The van der Waals surface area contributed by atoms with Crippen molar-refractivity contribution in [1.82, 2.24) is 0 Å². The molecular formula is C128H6. The first-order valence-electron chi connectivity index (χ1n) is 48.6. The lowest BCUT2D eigenvalue weighted by Gasteiger charge is -2.77. The minimum Gasteiger partial charge on any atom is -0.0620 e. The molecule has 2 bridgehead atoms. The maximum atomic E-state index is 2.98. The molecule has 0 amide bonds. The molecule has 0 aromatic heterocycles. The summed E-state index contributed by atoms with van der Waals surface area (Å²) < 4.78 is 0. The second-order valence-corrected chi connectivity index (χ2v) is 49.2. The Morgan fingerprint density at radius 2 is 0.156 bits per heavy atom. The lowest BCUT2D eigenvalue weighted by Crippen LogP contribution is -2.77. The maximum absolute atomic E-state index is 2.98. The van der Waals surface area contributed by atoms with Crippen LogP contribution in [0.15, 0.2) is 24.3 Å². The van der Waals surface area contributed by atoms with Crippen LogP contribution < -0.4 is 0 Å². The van der Waals surface area contributed by atoms with Crippen molar-refractivity contribution in [3.8, 4) is 0 Å². The molecule has 68 rings (SSSR count). The molecule has 128 heavy (non-hydrogen) atoms. The molecule has 0 heterocycles. The zero-order valence-electron chi connectivity index (χ0n) is 64.5. The minimum absolute atomic E-state index is 0.0392. The SMILES string of the molecule is c1ccc2c(c1)C1C34c5c6c7c8c9c%10c(c%11c%12c3c3c%13c5c5c%14c6c6c8c8c9c9c%15c%10c%11c%10c%11c%12c3c3c%12c%13c5c5c%13c%14c6c6c8c8c9c9c%15c%10c%10c%11c3c3c%12c5c5c%13c6c8c6c9c%10c3c56)C74C2C23c4c5c6c7c8c9c(c%10c%11c2c2c%12c4c4c%13c5c5c7c7c8c8c%14c9c%10c9c%10c%11c2c2c%11c%12c4c4c%12c%13c5c5c7c7c8c8c%14c9c9c%10c2c2c%11c4c4c%12c5c7c5c8c9c2c45)C613. The molecule has 57 aromatic rings. The summed E-state index contributed by atoms with van der Waals surface area (Å²) in [7, 11) is 0. The van der Waals surface area contributed by atoms with E-state index in [0.29, 0.717) is 0 Å². The Bertz CT molecular complexity index is 14600. The van der Waals surface area contributed by atoms with Crippen molar-refractivity contribution in [3.05, 3.63) is 79.9 Å². The molecule has 0 nitrogen and oxygen atoms in total. The summed E-state index contributed by atoms with van der Waals surface area (Å²) in [6.45, 7) is 0. The van der Waals surface area contributed by atoms with Crippen LogP contribution in [0.2, 0.25) is 0 Å². The van der Waals surface area contributed by atoms with Gasteiger partial charge < -0.3 is 0 Å². The third kappa shape index (κ3) is 2.19. The van der Waals surface area contributed by atoms with Crippen LogP contribution in [0, 0.1) is 0 Å². The van der Waals surface area contributed by atoms with Crippen molar-refractivity contribution in [2.24, 2.45) is 0 Å². The van der Waals surface area contributed by atoms with E-state index in [9.17, 15) is 0 Å². The summed E-state index contributed by atoms with van der Waals surface area (Å²) in [6, 6.07) is 11.3.